The molecule has 1 aromatic carbocycles. The number of anilines is 1. The Morgan fingerprint density at radius 3 is 2.74 bits per heavy atom. The molecule has 1 aliphatic rings. The number of carboxylic acids is 1. The van der Waals surface area contributed by atoms with Gasteiger partial charge in [-0.25, -0.2) is 4.79 Å². The van der Waals surface area contributed by atoms with Crippen molar-refractivity contribution >= 4 is 11.7 Å². The van der Waals surface area contributed by atoms with Gasteiger partial charge in [0.05, 0.1) is 12.3 Å². The predicted molar refractivity (Wildman–Crippen MR) is 74.5 cm³/mol. The molecule has 0 atom stereocenters. The fraction of sp³-hybridized carbons (Fsp3) is 0.533. The highest BCUT2D eigenvalue weighted by atomic mass is 16.5. The Balaban J connectivity index is 1.93. The van der Waals surface area contributed by atoms with Crippen LogP contribution < -0.4 is 10.5 Å². The van der Waals surface area contributed by atoms with Gasteiger partial charge in [0.1, 0.15) is 5.56 Å². The highest BCUT2D eigenvalue weighted by Gasteiger charge is 2.16. The molecule has 0 unspecified atom stereocenters. The van der Waals surface area contributed by atoms with Crippen molar-refractivity contribution in [3.05, 3.63) is 23.8 Å². The summed E-state index contributed by atoms with van der Waals surface area (Å²) in [6.07, 6.45) is 7.45. The van der Waals surface area contributed by atoms with Crippen molar-refractivity contribution in [2.45, 2.75) is 38.5 Å². The van der Waals surface area contributed by atoms with Gasteiger partial charge in [-0.2, -0.15) is 0 Å². The molecule has 0 bridgehead atoms. The topological polar surface area (TPSA) is 72.6 Å². The van der Waals surface area contributed by atoms with Crippen molar-refractivity contribution in [1.29, 1.82) is 0 Å². The molecule has 0 amide bonds. The van der Waals surface area contributed by atoms with E-state index in [2.05, 4.69) is 0 Å². The van der Waals surface area contributed by atoms with Gasteiger partial charge in [0.15, 0.2) is 5.75 Å². The fourth-order valence-corrected chi connectivity index (χ4v) is 2.69. The van der Waals surface area contributed by atoms with E-state index in [9.17, 15) is 4.79 Å². The van der Waals surface area contributed by atoms with Crippen molar-refractivity contribution in [2.75, 3.05) is 12.3 Å². The lowest BCUT2D eigenvalue weighted by atomic mass is 9.87. The largest absolute Gasteiger partial charge is 0.491 e. The zero-order valence-corrected chi connectivity index (χ0v) is 11.1. The molecular weight excluding hydrogens is 242 g/mol. The molecule has 4 nitrogen and oxygen atoms in total. The van der Waals surface area contributed by atoms with Gasteiger partial charge in [-0.3, -0.25) is 0 Å². The van der Waals surface area contributed by atoms with Crippen LogP contribution in [0, 0.1) is 5.92 Å². The summed E-state index contributed by atoms with van der Waals surface area (Å²) in [7, 11) is 0. The predicted octanol–water partition coefficient (Wildman–Crippen LogP) is 3.32. The molecule has 104 valence electrons. The quantitative estimate of drug-likeness (QED) is 0.799. The number of nitrogens with two attached hydrogens (primary N) is 1. The molecule has 3 N–H and O–H groups in total. The van der Waals surface area contributed by atoms with Gasteiger partial charge in [-0.05, 0) is 24.5 Å². The average molecular weight is 263 g/mol. The SMILES string of the molecule is Nc1cccc(C(=O)O)c1OCCC1CCCCC1. The highest BCUT2D eigenvalue weighted by molar-refractivity contribution is 5.93. The summed E-state index contributed by atoms with van der Waals surface area (Å²) >= 11 is 0. The Morgan fingerprint density at radius 1 is 1.32 bits per heavy atom. The maximum Gasteiger partial charge on any atom is 0.339 e. The first-order valence-electron chi connectivity index (χ1n) is 6.93. The summed E-state index contributed by atoms with van der Waals surface area (Å²) in [5.74, 6) is 0.0257. The molecule has 1 fully saturated rings. The number of carboxylic acid groups (broad SMARTS) is 1. The van der Waals surface area contributed by atoms with E-state index >= 15 is 0 Å². The Hall–Kier alpha value is -1.71. The summed E-state index contributed by atoms with van der Waals surface area (Å²) in [6, 6.07) is 4.82. The fourth-order valence-electron chi connectivity index (χ4n) is 2.69. The van der Waals surface area contributed by atoms with Crippen LogP contribution in [0.3, 0.4) is 0 Å². The van der Waals surface area contributed by atoms with Gasteiger partial charge >= 0.3 is 5.97 Å². The van der Waals surface area contributed by atoms with Crippen LogP contribution >= 0.6 is 0 Å². The maximum absolute atomic E-state index is 11.1. The number of para-hydroxylation sites is 1. The van der Waals surface area contributed by atoms with Gasteiger partial charge in [0.2, 0.25) is 0 Å². The highest BCUT2D eigenvalue weighted by Crippen LogP contribution is 2.29. The van der Waals surface area contributed by atoms with E-state index in [4.69, 9.17) is 15.6 Å². The number of aromatic carboxylic acids is 1. The summed E-state index contributed by atoms with van der Waals surface area (Å²) in [5, 5.41) is 9.10. The Bertz CT molecular complexity index is 439. The minimum atomic E-state index is -1.00. The van der Waals surface area contributed by atoms with Gasteiger partial charge in [-0.15, -0.1) is 0 Å². The third-order valence-corrected chi connectivity index (χ3v) is 3.77. The number of benzene rings is 1. The van der Waals surface area contributed by atoms with Crippen LogP contribution in [0.5, 0.6) is 5.75 Å². The molecule has 0 spiro atoms. The molecule has 0 heterocycles. The van der Waals surface area contributed by atoms with Crippen LogP contribution in [-0.4, -0.2) is 17.7 Å². The molecule has 1 aliphatic carbocycles. The second-order valence-electron chi connectivity index (χ2n) is 5.17. The first-order chi connectivity index (χ1) is 9.18. The zero-order chi connectivity index (χ0) is 13.7. The van der Waals surface area contributed by atoms with Gasteiger partial charge in [0, 0.05) is 0 Å². The smallest absolute Gasteiger partial charge is 0.339 e. The van der Waals surface area contributed by atoms with Crippen LogP contribution in [0.1, 0.15) is 48.9 Å². The summed E-state index contributed by atoms with van der Waals surface area (Å²) in [4.78, 5) is 11.1. The Morgan fingerprint density at radius 2 is 2.05 bits per heavy atom. The lowest BCUT2D eigenvalue weighted by Gasteiger charge is -2.21. The number of carbonyl (C=O) groups is 1. The van der Waals surface area contributed by atoms with E-state index in [1.54, 1.807) is 12.1 Å². The Labute approximate surface area is 113 Å². The minimum absolute atomic E-state index is 0.142. The van der Waals surface area contributed by atoms with Crippen LogP contribution in [0.25, 0.3) is 0 Å². The van der Waals surface area contributed by atoms with E-state index in [1.807, 2.05) is 0 Å². The van der Waals surface area contributed by atoms with E-state index in [-0.39, 0.29) is 5.56 Å². The Kier molecular flexibility index (Phi) is 4.66. The van der Waals surface area contributed by atoms with Crippen molar-refractivity contribution in [3.8, 4) is 5.75 Å². The molecule has 1 saturated carbocycles. The maximum atomic E-state index is 11.1. The molecular formula is C15H21NO3. The molecule has 0 aliphatic heterocycles. The second kappa shape index (κ2) is 6.45. The van der Waals surface area contributed by atoms with Crippen LogP contribution in [0.2, 0.25) is 0 Å². The van der Waals surface area contributed by atoms with E-state index < -0.39 is 5.97 Å². The summed E-state index contributed by atoms with van der Waals surface area (Å²) < 4.78 is 5.63. The van der Waals surface area contributed by atoms with Crippen molar-refractivity contribution in [1.82, 2.24) is 0 Å². The molecule has 1 aromatic rings. The summed E-state index contributed by atoms with van der Waals surface area (Å²) in [5.41, 5.74) is 6.32. The van der Waals surface area contributed by atoms with Crippen molar-refractivity contribution < 1.29 is 14.6 Å². The monoisotopic (exact) mass is 263 g/mol. The van der Waals surface area contributed by atoms with Crippen LogP contribution in [-0.2, 0) is 0 Å². The van der Waals surface area contributed by atoms with Crippen LogP contribution in [0.4, 0.5) is 5.69 Å². The first-order valence-corrected chi connectivity index (χ1v) is 6.93. The molecule has 0 aromatic heterocycles. The zero-order valence-electron chi connectivity index (χ0n) is 11.1. The molecule has 2 rings (SSSR count). The molecule has 0 radical (unpaired) electrons. The first kappa shape index (κ1) is 13.7. The number of ether oxygens (including phenoxy) is 1. The van der Waals surface area contributed by atoms with Crippen LogP contribution in [0.15, 0.2) is 18.2 Å². The molecule has 0 saturated heterocycles. The standard InChI is InChI=1S/C15H21NO3/c16-13-8-4-7-12(15(17)18)14(13)19-10-9-11-5-2-1-3-6-11/h4,7-8,11H,1-3,5-6,9-10,16H2,(H,17,18). The summed E-state index contributed by atoms with van der Waals surface area (Å²) in [6.45, 7) is 0.541. The minimum Gasteiger partial charge on any atom is -0.491 e. The van der Waals surface area contributed by atoms with Crippen molar-refractivity contribution in [3.63, 3.8) is 0 Å². The van der Waals surface area contributed by atoms with Gasteiger partial charge < -0.3 is 15.6 Å². The van der Waals surface area contributed by atoms with Gasteiger partial charge in [-0.1, -0.05) is 38.2 Å². The number of hydrogen-bond acceptors (Lipinski definition) is 3. The second-order valence-corrected chi connectivity index (χ2v) is 5.17. The van der Waals surface area contributed by atoms with E-state index in [0.29, 0.717) is 24.0 Å². The lowest BCUT2D eigenvalue weighted by molar-refractivity contribution is 0.0692. The van der Waals surface area contributed by atoms with Crippen molar-refractivity contribution in [2.24, 2.45) is 5.92 Å². The third-order valence-electron chi connectivity index (χ3n) is 3.77. The molecule has 4 heteroatoms. The number of nitrogen functional groups attached to an aromatic ring is 1. The normalized spacial score (nSPS) is 16.2. The van der Waals surface area contributed by atoms with E-state index in [0.717, 1.165) is 6.42 Å². The molecule has 19 heavy (non-hydrogen) atoms. The van der Waals surface area contributed by atoms with Gasteiger partial charge in [0.25, 0.3) is 0 Å². The number of hydrogen-bond donors (Lipinski definition) is 2. The van der Waals surface area contributed by atoms with E-state index in [1.165, 1.54) is 38.2 Å². The average Bonchev–Trinajstić information content (AvgIpc) is 2.41. The lowest BCUT2D eigenvalue weighted by Crippen LogP contribution is -2.12. The third kappa shape index (κ3) is 3.63. The number of rotatable bonds is 5.